The molecule has 0 N–H and O–H groups in total. The molecule has 1 aliphatic heterocycles. The zero-order chi connectivity index (χ0) is 23.0. The minimum absolute atomic E-state index is 0.126. The number of nitrogens with zero attached hydrogens (tertiary/aromatic N) is 7. The third kappa shape index (κ3) is 4.36. The molecule has 3 aromatic heterocycles. The molecule has 0 saturated carbocycles. The Balaban J connectivity index is 1.81. The SMILES string of the molecule is CCCc1nn(C)c2c(N3CCS(=O)(=O)CC3)nc(/C=C/c3nc(C)c(C)nc3C)nc12. The monoisotopic (exact) mass is 455 g/mol. The summed E-state index contributed by atoms with van der Waals surface area (Å²) < 4.78 is 25.7. The standard InChI is InChI=1S/C22H29N7O2S/c1-6-7-18-20-21(28(5)27-18)22(29-10-12-32(30,31)13-11-29)26-19(25-20)9-8-17-16(4)23-14(2)15(3)24-17/h8-9H,6-7,10-13H2,1-5H3/b9-8+. The summed E-state index contributed by atoms with van der Waals surface area (Å²) in [7, 11) is -1.11. The Bertz CT molecular complexity index is 1300. The van der Waals surface area contributed by atoms with Crippen LogP contribution in [0.5, 0.6) is 0 Å². The molecule has 0 aliphatic carbocycles. The summed E-state index contributed by atoms with van der Waals surface area (Å²) in [5.74, 6) is 1.53. The highest BCUT2D eigenvalue weighted by molar-refractivity contribution is 7.91. The van der Waals surface area contributed by atoms with Gasteiger partial charge in [0.15, 0.2) is 21.5 Å². The first-order valence-electron chi connectivity index (χ1n) is 10.9. The van der Waals surface area contributed by atoms with E-state index >= 15 is 0 Å². The van der Waals surface area contributed by atoms with E-state index in [1.165, 1.54) is 0 Å². The Morgan fingerprint density at radius 1 is 0.938 bits per heavy atom. The summed E-state index contributed by atoms with van der Waals surface area (Å²) >= 11 is 0. The predicted molar refractivity (Wildman–Crippen MR) is 126 cm³/mol. The summed E-state index contributed by atoms with van der Waals surface area (Å²) in [6, 6.07) is 0. The average molecular weight is 456 g/mol. The minimum atomic E-state index is -3.00. The summed E-state index contributed by atoms with van der Waals surface area (Å²) in [6.07, 6.45) is 5.50. The highest BCUT2D eigenvalue weighted by Crippen LogP contribution is 2.28. The van der Waals surface area contributed by atoms with Gasteiger partial charge in [-0.15, -0.1) is 0 Å². The van der Waals surface area contributed by atoms with Crippen LogP contribution in [0.4, 0.5) is 5.82 Å². The van der Waals surface area contributed by atoms with E-state index in [0.29, 0.717) is 18.9 Å². The molecule has 0 radical (unpaired) electrons. The maximum absolute atomic E-state index is 12.0. The van der Waals surface area contributed by atoms with Crippen LogP contribution in [0.25, 0.3) is 23.2 Å². The van der Waals surface area contributed by atoms with Crippen molar-refractivity contribution >= 4 is 38.8 Å². The Morgan fingerprint density at radius 3 is 2.31 bits per heavy atom. The van der Waals surface area contributed by atoms with E-state index in [0.717, 1.165) is 58.2 Å². The van der Waals surface area contributed by atoms with Gasteiger partial charge < -0.3 is 4.90 Å². The van der Waals surface area contributed by atoms with Crippen LogP contribution >= 0.6 is 0 Å². The second kappa shape index (κ2) is 8.57. The molecule has 1 fully saturated rings. The van der Waals surface area contributed by atoms with Crippen LogP contribution in [0.1, 0.15) is 47.6 Å². The molecule has 0 spiro atoms. The lowest BCUT2D eigenvalue weighted by Crippen LogP contribution is -2.41. The summed E-state index contributed by atoms with van der Waals surface area (Å²) in [5.41, 5.74) is 6.01. The first-order chi connectivity index (χ1) is 15.2. The van der Waals surface area contributed by atoms with Gasteiger partial charge in [-0.05, 0) is 39.3 Å². The van der Waals surface area contributed by atoms with Gasteiger partial charge in [0.05, 0.1) is 40.0 Å². The summed E-state index contributed by atoms with van der Waals surface area (Å²) in [4.78, 5) is 20.8. The van der Waals surface area contributed by atoms with Gasteiger partial charge in [-0.2, -0.15) is 5.10 Å². The van der Waals surface area contributed by atoms with Crippen molar-refractivity contribution in [2.75, 3.05) is 29.5 Å². The molecular formula is C22H29N7O2S. The molecule has 9 nitrogen and oxygen atoms in total. The molecule has 1 aliphatic rings. The molecule has 3 aromatic rings. The lowest BCUT2D eigenvalue weighted by molar-refractivity contribution is 0.586. The molecule has 0 atom stereocenters. The van der Waals surface area contributed by atoms with Gasteiger partial charge in [0.1, 0.15) is 11.0 Å². The first-order valence-corrected chi connectivity index (χ1v) is 12.7. The van der Waals surface area contributed by atoms with Gasteiger partial charge in [0, 0.05) is 20.1 Å². The average Bonchev–Trinajstić information content (AvgIpc) is 3.05. The third-order valence-electron chi connectivity index (χ3n) is 5.79. The third-order valence-corrected chi connectivity index (χ3v) is 7.40. The Morgan fingerprint density at radius 2 is 1.62 bits per heavy atom. The van der Waals surface area contributed by atoms with E-state index in [1.807, 2.05) is 49.6 Å². The maximum Gasteiger partial charge on any atom is 0.159 e. The van der Waals surface area contributed by atoms with Crippen molar-refractivity contribution in [1.82, 2.24) is 29.7 Å². The molecule has 0 aromatic carbocycles. The maximum atomic E-state index is 12.0. The van der Waals surface area contributed by atoms with E-state index in [9.17, 15) is 8.42 Å². The van der Waals surface area contributed by atoms with E-state index in [-0.39, 0.29) is 11.5 Å². The number of anilines is 1. The highest BCUT2D eigenvalue weighted by Gasteiger charge is 2.26. The lowest BCUT2D eigenvalue weighted by Gasteiger charge is -2.28. The smallest absolute Gasteiger partial charge is 0.159 e. The Labute approximate surface area is 188 Å². The van der Waals surface area contributed by atoms with E-state index in [1.54, 1.807) is 0 Å². The van der Waals surface area contributed by atoms with Crippen LogP contribution in [0, 0.1) is 20.8 Å². The summed E-state index contributed by atoms with van der Waals surface area (Å²) in [5, 5.41) is 4.68. The molecule has 170 valence electrons. The lowest BCUT2D eigenvalue weighted by atomic mass is 10.2. The number of aromatic nitrogens is 6. The van der Waals surface area contributed by atoms with Crippen LogP contribution < -0.4 is 4.90 Å². The van der Waals surface area contributed by atoms with Crippen molar-refractivity contribution in [3.8, 4) is 0 Å². The molecule has 10 heteroatoms. The number of rotatable bonds is 5. The quantitative estimate of drug-likeness (QED) is 0.577. The van der Waals surface area contributed by atoms with Gasteiger partial charge in [-0.25, -0.2) is 23.4 Å². The molecule has 1 saturated heterocycles. The molecule has 4 rings (SSSR count). The van der Waals surface area contributed by atoms with Crippen LogP contribution in [0.2, 0.25) is 0 Å². The first kappa shape index (κ1) is 22.3. The number of hydrogen-bond donors (Lipinski definition) is 0. The topological polar surface area (TPSA) is 107 Å². The number of aryl methyl sites for hydroxylation is 5. The van der Waals surface area contributed by atoms with E-state index in [2.05, 4.69) is 22.0 Å². The van der Waals surface area contributed by atoms with Crippen LogP contribution in [0.15, 0.2) is 0 Å². The van der Waals surface area contributed by atoms with E-state index < -0.39 is 9.84 Å². The zero-order valence-electron chi connectivity index (χ0n) is 19.3. The normalized spacial score (nSPS) is 16.3. The van der Waals surface area contributed by atoms with Gasteiger partial charge in [0.25, 0.3) is 0 Å². The second-order valence-corrected chi connectivity index (χ2v) is 10.6. The largest absolute Gasteiger partial charge is 0.353 e. The molecular weight excluding hydrogens is 426 g/mol. The van der Waals surface area contributed by atoms with Crippen molar-refractivity contribution < 1.29 is 8.42 Å². The molecule has 0 bridgehead atoms. The Kier molecular flexibility index (Phi) is 5.98. The highest BCUT2D eigenvalue weighted by atomic mass is 32.2. The van der Waals surface area contributed by atoms with Crippen LogP contribution in [-0.4, -0.2) is 62.7 Å². The van der Waals surface area contributed by atoms with Gasteiger partial charge >= 0.3 is 0 Å². The number of fused-ring (bicyclic) bond motifs is 1. The zero-order valence-corrected chi connectivity index (χ0v) is 20.1. The minimum Gasteiger partial charge on any atom is -0.353 e. The van der Waals surface area contributed by atoms with Crippen molar-refractivity contribution in [3.63, 3.8) is 0 Å². The number of hydrogen-bond acceptors (Lipinski definition) is 8. The fourth-order valence-electron chi connectivity index (χ4n) is 3.91. The van der Waals surface area contributed by atoms with Crippen LogP contribution in [-0.2, 0) is 23.3 Å². The predicted octanol–water partition coefficient (Wildman–Crippen LogP) is 2.44. The molecule has 0 unspecified atom stereocenters. The van der Waals surface area contributed by atoms with Crippen molar-refractivity contribution in [1.29, 1.82) is 0 Å². The summed E-state index contributed by atoms with van der Waals surface area (Å²) in [6.45, 7) is 8.75. The number of sulfone groups is 1. The fourth-order valence-corrected chi connectivity index (χ4v) is 5.11. The van der Waals surface area contributed by atoms with E-state index in [4.69, 9.17) is 9.97 Å². The Hall–Kier alpha value is -2.88. The van der Waals surface area contributed by atoms with Crippen molar-refractivity contribution in [2.24, 2.45) is 7.05 Å². The second-order valence-electron chi connectivity index (χ2n) is 8.26. The van der Waals surface area contributed by atoms with Gasteiger partial charge in [-0.3, -0.25) is 9.67 Å². The van der Waals surface area contributed by atoms with Crippen molar-refractivity contribution in [3.05, 3.63) is 34.3 Å². The van der Waals surface area contributed by atoms with Crippen molar-refractivity contribution in [2.45, 2.75) is 40.5 Å². The molecule has 32 heavy (non-hydrogen) atoms. The molecule has 0 amide bonds. The van der Waals surface area contributed by atoms with Gasteiger partial charge in [-0.1, -0.05) is 13.3 Å². The molecule has 4 heterocycles. The van der Waals surface area contributed by atoms with Gasteiger partial charge in [0.2, 0.25) is 0 Å². The van der Waals surface area contributed by atoms with Crippen LogP contribution in [0.3, 0.4) is 0 Å². The fraction of sp³-hybridized carbons (Fsp3) is 0.500.